The summed E-state index contributed by atoms with van der Waals surface area (Å²) in [6, 6.07) is 12.0. The van der Waals surface area contributed by atoms with E-state index in [4.69, 9.17) is 0 Å². The fraction of sp³-hybridized carbons (Fsp3) is 0.167. The molecular formula is C18H13F6N5O. The van der Waals surface area contributed by atoms with E-state index in [1.54, 1.807) is 30.3 Å². The fourth-order valence-electron chi connectivity index (χ4n) is 2.23. The normalized spacial score (nSPS) is 11.8. The number of rotatable bonds is 6. The molecule has 12 heteroatoms. The van der Waals surface area contributed by atoms with Crippen LogP contribution in [0.2, 0.25) is 0 Å². The molecule has 1 aromatic heterocycles. The third-order valence-corrected chi connectivity index (χ3v) is 3.46. The maximum absolute atomic E-state index is 12.9. The second-order valence-corrected chi connectivity index (χ2v) is 5.86. The Bertz CT molecular complexity index is 994. The molecule has 2 aromatic carbocycles. The molecule has 30 heavy (non-hydrogen) atoms. The highest BCUT2D eigenvalue weighted by Gasteiger charge is 2.31. The SMILES string of the molecule is FC(F)(F)COc1nc(Nc2ccccc2)nc(Nc2cccc(C(F)(F)F)c2)n1. The van der Waals surface area contributed by atoms with Crippen LogP contribution in [0.15, 0.2) is 54.6 Å². The van der Waals surface area contributed by atoms with Crippen LogP contribution in [0.1, 0.15) is 5.56 Å². The van der Waals surface area contributed by atoms with Crippen molar-refractivity contribution < 1.29 is 31.1 Å². The summed E-state index contributed by atoms with van der Waals surface area (Å²) in [5.74, 6) is -0.470. The molecule has 0 spiro atoms. The van der Waals surface area contributed by atoms with Crippen molar-refractivity contribution in [1.82, 2.24) is 15.0 Å². The second-order valence-electron chi connectivity index (χ2n) is 5.86. The monoisotopic (exact) mass is 429 g/mol. The van der Waals surface area contributed by atoms with E-state index < -0.39 is 30.5 Å². The summed E-state index contributed by atoms with van der Waals surface area (Å²) in [7, 11) is 0. The summed E-state index contributed by atoms with van der Waals surface area (Å²) in [6.07, 6.45) is -9.20. The third-order valence-electron chi connectivity index (χ3n) is 3.46. The number of ether oxygens (including phenoxy) is 1. The first-order chi connectivity index (χ1) is 14.1. The number of hydrogen-bond acceptors (Lipinski definition) is 6. The van der Waals surface area contributed by atoms with Gasteiger partial charge in [-0.25, -0.2) is 0 Å². The van der Waals surface area contributed by atoms with E-state index in [9.17, 15) is 26.3 Å². The Morgan fingerprint density at radius 3 is 1.93 bits per heavy atom. The maximum atomic E-state index is 12.9. The molecule has 0 aliphatic carbocycles. The van der Waals surface area contributed by atoms with Crippen LogP contribution < -0.4 is 15.4 Å². The van der Waals surface area contributed by atoms with Gasteiger partial charge in [0.25, 0.3) is 0 Å². The first-order valence-electron chi connectivity index (χ1n) is 8.30. The van der Waals surface area contributed by atoms with E-state index in [-0.39, 0.29) is 17.6 Å². The van der Waals surface area contributed by atoms with Crippen LogP contribution in [0.3, 0.4) is 0 Å². The fourth-order valence-corrected chi connectivity index (χ4v) is 2.23. The summed E-state index contributed by atoms with van der Waals surface area (Å²) in [5.41, 5.74) is -0.420. The molecule has 2 N–H and O–H groups in total. The lowest BCUT2D eigenvalue weighted by atomic mass is 10.2. The zero-order valence-corrected chi connectivity index (χ0v) is 14.9. The molecule has 0 saturated heterocycles. The van der Waals surface area contributed by atoms with Gasteiger partial charge >= 0.3 is 18.4 Å². The van der Waals surface area contributed by atoms with Crippen LogP contribution in [0.25, 0.3) is 0 Å². The number of benzene rings is 2. The van der Waals surface area contributed by atoms with Crippen molar-refractivity contribution >= 4 is 23.3 Å². The molecule has 6 nitrogen and oxygen atoms in total. The average Bonchev–Trinajstić information content (AvgIpc) is 2.66. The molecule has 158 valence electrons. The summed E-state index contributed by atoms with van der Waals surface area (Å²) in [6.45, 7) is -1.65. The van der Waals surface area contributed by atoms with Gasteiger partial charge in [-0.3, -0.25) is 0 Å². The molecule has 0 aliphatic heterocycles. The molecule has 0 unspecified atom stereocenters. The lowest BCUT2D eigenvalue weighted by Gasteiger charge is -2.13. The van der Waals surface area contributed by atoms with Crippen molar-refractivity contribution in [3.05, 3.63) is 60.2 Å². The molecule has 0 atom stereocenters. The summed E-state index contributed by atoms with van der Waals surface area (Å²) in [5, 5.41) is 5.28. The number of nitrogens with one attached hydrogen (secondary N) is 2. The number of hydrogen-bond donors (Lipinski definition) is 2. The zero-order chi connectivity index (χ0) is 21.8. The third kappa shape index (κ3) is 6.22. The van der Waals surface area contributed by atoms with Gasteiger partial charge in [0, 0.05) is 11.4 Å². The Hall–Kier alpha value is -3.57. The van der Waals surface area contributed by atoms with Gasteiger partial charge in [-0.15, -0.1) is 0 Å². The molecule has 1 heterocycles. The number of anilines is 4. The molecule has 0 bridgehead atoms. The van der Waals surface area contributed by atoms with Crippen molar-refractivity contribution in [1.29, 1.82) is 0 Å². The number of halogens is 6. The first kappa shape index (κ1) is 21.1. The van der Waals surface area contributed by atoms with Crippen molar-refractivity contribution in [2.24, 2.45) is 0 Å². The van der Waals surface area contributed by atoms with Crippen LogP contribution in [-0.2, 0) is 6.18 Å². The van der Waals surface area contributed by atoms with E-state index in [1.165, 1.54) is 6.07 Å². The van der Waals surface area contributed by atoms with Gasteiger partial charge in [-0.2, -0.15) is 41.3 Å². The van der Waals surface area contributed by atoms with Crippen LogP contribution in [0.4, 0.5) is 49.6 Å². The van der Waals surface area contributed by atoms with Crippen LogP contribution >= 0.6 is 0 Å². The van der Waals surface area contributed by atoms with E-state index in [2.05, 4.69) is 30.3 Å². The lowest BCUT2D eigenvalue weighted by Crippen LogP contribution is -2.20. The quantitative estimate of drug-likeness (QED) is 0.517. The topological polar surface area (TPSA) is 72.0 Å². The first-order valence-corrected chi connectivity index (χ1v) is 8.30. The maximum Gasteiger partial charge on any atom is 0.422 e. The predicted molar refractivity (Wildman–Crippen MR) is 95.8 cm³/mol. The largest absolute Gasteiger partial charge is 0.454 e. The Morgan fingerprint density at radius 2 is 1.33 bits per heavy atom. The van der Waals surface area contributed by atoms with Gasteiger partial charge in [0.2, 0.25) is 11.9 Å². The van der Waals surface area contributed by atoms with Gasteiger partial charge in [0.15, 0.2) is 6.61 Å². The number of alkyl halides is 6. The molecular weight excluding hydrogens is 416 g/mol. The van der Waals surface area contributed by atoms with E-state index in [0.717, 1.165) is 18.2 Å². The lowest BCUT2D eigenvalue weighted by molar-refractivity contribution is -0.154. The number of para-hydroxylation sites is 1. The molecule has 0 saturated carbocycles. The minimum absolute atomic E-state index is 0.0246. The van der Waals surface area contributed by atoms with Crippen molar-refractivity contribution in [3.8, 4) is 6.01 Å². The predicted octanol–water partition coefficient (Wildman–Crippen LogP) is 5.32. The molecule has 3 rings (SSSR count). The van der Waals surface area contributed by atoms with Crippen LogP contribution in [0.5, 0.6) is 6.01 Å². The van der Waals surface area contributed by atoms with E-state index >= 15 is 0 Å². The number of aromatic nitrogens is 3. The minimum atomic E-state index is -4.63. The van der Waals surface area contributed by atoms with Crippen LogP contribution in [-0.4, -0.2) is 27.7 Å². The highest BCUT2D eigenvalue weighted by Crippen LogP contribution is 2.31. The van der Waals surface area contributed by atoms with Crippen molar-refractivity contribution in [2.75, 3.05) is 17.2 Å². The molecule has 0 aliphatic rings. The minimum Gasteiger partial charge on any atom is -0.454 e. The second kappa shape index (κ2) is 8.43. The summed E-state index contributed by atoms with van der Waals surface area (Å²) in [4.78, 5) is 11.4. The van der Waals surface area contributed by atoms with Crippen LogP contribution in [0, 0.1) is 0 Å². The van der Waals surface area contributed by atoms with Gasteiger partial charge in [0.1, 0.15) is 0 Å². The van der Waals surface area contributed by atoms with E-state index in [0.29, 0.717) is 5.69 Å². The Morgan fingerprint density at radius 1 is 0.733 bits per heavy atom. The summed E-state index contributed by atoms with van der Waals surface area (Å²) < 4.78 is 80.6. The van der Waals surface area contributed by atoms with Crippen molar-refractivity contribution in [2.45, 2.75) is 12.4 Å². The smallest absolute Gasteiger partial charge is 0.422 e. The Balaban J connectivity index is 1.89. The van der Waals surface area contributed by atoms with Gasteiger partial charge in [-0.05, 0) is 30.3 Å². The molecule has 3 aromatic rings. The van der Waals surface area contributed by atoms with Gasteiger partial charge in [0.05, 0.1) is 5.56 Å². The zero-order valence-electron chi connectivity index (χ0n) is 14.9. The Labute approximate surface area is 166 Å². The molecule has 0 amide bonds. The standard InChI is InChI=1S/C18H13F6N5O/c19-17(20,21)10-30-16-28-14(25-12-6-2-1-3-7-12)27-15(29-16)26-13-8-4-5-11(9-13)18(22,23)24/h1-9H,10H2,(H2,25,26,27,28,29). The van der Waals surface area contributed by atoms with Gasteiger partial charge < -0.3 is 15.4 Å². The highest BCUT2D eigenvalue weighted by molar-refractivity contribution is 5.58. The van der Waals surface area contributed by atoms with Gasteiger partial charge in [-0.1, -0.05) is 24.3 Å². The summed E-state index contributed by atoms with van der Waals surface area (Å²) >= 11 is 0. The Kier molecular flexibility index (Phi) is 5.94. The van der Waals surface area contributed by atoms with Crippen molar-refractivity contribution in [3.63, 3.8) is 0 Å². The molecule has 0 radical (unpaired) electrons. The highest BCUT2D eigenvalue weighted by atomic mass is 19.4. The molecule has 0 fully saturated rings. The number of nitrogens with zero attached hydrogens (tertiary/aromatic N) is 3. The average molecular weight is 429 g/mol. The van der Waals surface area contributed by atoms with E-state index in [1.807, 2.05) is 0 Å².